The van der Waals surface area contributed by atoms with Crippen molar-refractivity contribution in [3.05, 3.63) is 29.8 Å². The zero-order chi connectivity index (χ0) is 13.9. The van der Waals surface area contributed by atoms with Crippen molar-refractivity contribution in [2.24, 2.45) is 0 Å². The maximum Gasteiger partial charge on any atom is 0.247 e. The minimum atomic E-state index is -0.433. The largest absolute Gasteiger partial charge is 0.314 e. The summed E-state index contributed by atoms with van der Waals surface area (Å²) in [7, 11) is 1.77. The average molecular weight is 257 g/mol. The van der Waals surface area contributed by atoms with Gasteiger partial charge in [0.15, 0.2) is 0 Å². The Balaban J connectivity index is 2.25. The number of hydrogen-bond acceptors (Lipinski definition) is 3. The van der Waals surface area contributed by atoms with Crippen molar-refractivity contribution in [2.75, 3.05) is 18.5 Å². The number of hydrogen-bond donors (Lipinski definition) is 1. The zero-order valence-corrected chi connectivity index (χ0v) is 11.4. The third-order valence-corrected chi connectivity index (χ3v) is 3.92. The van der Waals surface area contributed by atoms with Crippen molar-refractivity contribution >= 4 is 11.6 Å². The summed E-state index contributed by atoms with van der Waals surface area (Å²) in [5.74, 6) is 0.0857. The molecule has 0 aromatic heterocycles. The van der Waals surface area contributed by atoms with Crippen LogP contribution >= 0.6 is 0 Å². The first-order valence-corrected chi connectivity index (χ1v) is 6.66. The van der Waals surface area contributed by atoms with Gasteiger partial charge in [0.2, 0.25) is 5.91 Å². The lowest BCUT2D eigenvalue weighted by molar-refractivity contribution is -0.124. The molecule has 1 aliphatic rings. The number of carbonyl (C=O) groups is 1. The van der Waals surface area contributed by atoms with E-state index in [2.05, 4.69) is 11.4 Å². The van der Waals surface area contributed by atoms with E-state index in [0.29, 0.717) is 5.56 Å². The van der Waals surface area contributed by atoms with Crippen molar-refractivity contribution < 1.29 is 4.79 Å². The summed E-state index contributed by atoms with van der Waals surface area (Å²) in [4.78, 5) is 14.3. The number of nitriles is 1. The van der Waals surface area contributed by atoms with Gasteiger partial charge >= 0.3 is 0 Å². The molecule has 1 heterocycles. The Labute approximate surface area is 114 Å². The molecule has 1 aliphatic heterocycles. The maximum atomic E-state index is 12.7. The summed E-state index contributed by atoms with van der Waals surface area (Å²) in [5, 5.41) is 12.3. The highest BCUT2D eigenvalue weighted by atomic mass is 16.2. The summed E-state index contributed by atoms with van der Waals surface area (Å²) in [6, 6.07) is 9.25. The molecule has 1 saturated heterocycles. The van der Waals surface area contributed by atoms with Gasteiger partial charge in [-0.15, -0.1) is 0 Å². The molecule has 0 radical (unpaired) electrons. The van der Waals surface area contributed by atoms with Crippen LogP contribution in [0.2, 0.25) is 0 Å². The molecule has 4 heteroatoms. The van der Waals surface area contributed by atoms with E-state index in [4.69, 9.17) is 5.26 Å². The normalized spacial score (nSPS) is 21.9. The van der Waals surface area contributed by atoms with E-state index in [0.717, 1.165) is 31.5 Å². The number of anilines is 1. The second-order valence-electron chi connectivity index (χ2n) is 4.99. The van der Waals surface area contributed by atoms with E-state index >= 15 is 0 Å². The minimum Gasteiger partial charge on any atom is -0.314 e. The molecular weight excluding hydrogens is 238 g/mol. The van der Waals surface area contributed by atoms with E-state index in [1.807, 2.05) is 13.0 Å². The van der Waals surface area contributed by atoms with Gasteiger partial charge in [-0.2, -0.15) is 5.26 Å². The van der Waals surface area contributed by atoms with Crippen LogP contribution in [0.25, 0.3) is 0 Å². The molecule has 1 N–H and O–H groups in total. The maximum absolute atomic E-state index is 12.7. The van der Waals surface area contributed by atoms with Crippen LogP contribution in [0.15, 0.2) is 24.3 Å². The van der Waals surface area contributed by atoms with Gasteiger partial charge in [0.1, 0.15) is 0 Å². The van der Waals surface area contributed by atoms with Crippen LogP contribution in [-0.4, -0.2) is 25.0 Å². The fourth-order valence-electron chi connectivity index (χ4n) is 2.66. The summed E-state index contributed by atoms with van der Waals surface area (Å²) in [6.45, 7) is 2.93. The molecule has 1 amide bonds. The molecule has 4 nitrogen and oxygen atoms in total. The lowest BCUT2D eigenvalue weighted by atomic mass is 9.92. The molecule has 100 valence electrons. The van der Waals surface area contributed by atoms with Crippen LogP contribution in [0.3, 0.4) is 0 Å². The lowest BCUT2D eigenvalue weighted by Crippen LogP contribution is -2.53. The predicted octanol–water partition coefficient (Wildman–Crippen LogP) is 2.05. The Kier molecular flexibility index (Phi) is 3.87. The topological polar surface area (TPSA) is 56.1 Å². The first-order valence-electron chi connectivity index (χ1n) is 6.66. The Morgan fingerprint density at radius 2 is 2.37 bits per heavy atom. The highest BCUT2D eigenvalue weighted by Crippen LogP contribution is 2.27. The Bertz CT molecular complexity index is 512. The second kappa shape index (κ2) is 5.41. The number of nitrogens with zero attached hydrogens (tertiary/aromatic N) is 2. The quantitative estimate of drug-likeness (QED) is 0.901. The molecule has 1 aromatic rings. The van der Waals surface area contributed by atoms with Gasteiger partial charge in [0.25, 0.3) is 0 Å². The van der Waals surface area contributed by atoms with Gasteiger partial charge < -0.3 is 10.2 Å². The fourth-order valence-corrected chi connectivity index (χ4v) is 2.66. The van der Waals surface area contributed by atoms with Gasteiger partial charge in [0.05, 0.1) is 17.2 Å². The summed E-state index contributed by atoms with van der Waals surface area (Å²) in [6.07, 6.45) is 2.70. The molecular formula is C15H19N3O. The minimum absolute atomic E-state index is 0.0857. The zero-order valence-electron chi connectivity index (χ0n) is 11.4. The van der Waals surface area contributed by atoms with E-state index in [1.165, 1.54) is 0 Å². The first-order chi connectivity index (χ1) is 9.13. The molecule has 0 aliphatic carbocycles. The third-order valence-electron chi connectivity index (χ3n) is 3.92. The highest BCUT2D eigenvalue weighted by Gasteiger charge is 2.41. The van der Waals surface area contributed by atoms with E-state index in [1.54, 1.807) is 30.1 Å². The molecule has 1 aromatic carbocycles. The standard InChI is InChI=1S/C15H19N3O/c1-3-15(8-5-9-17-15)14(19)18(2)13-7-4-6-12(10-13)11-16/h4,6-7,10,17H,3,5,8-9H2,1-2H3. The molecule has 0 saturated carbocycles. The summed E-state index contributed by atoms with van der Waals surface area (Å²) < 4.78 is 0. The summed E-state index contributed by atoms with van der Waals surface area (Å²) >= 11 is 0. The molecule has 1 unspecified atom stereocenters. The summed E-state index contributed by atoms with van der Waals surface area (Å²) in [5.41, 5.74) is 0.907. The predicted molar refractivity (Wildman–Crippen MR) is 74.8 cm³/mol. The number of carbonyl (C=O) groups excluding carboxylic acids is 1. The molecule has 0 bridgehead atoms. The lowest BCUT2D eigenvalue weighted by Gasteiger charge is -2.31. The van der Waals surface area contributed by atoms with Crippen molar-refractivity contribution in [3.63, 3.8) is 0 Å². The Morgan fingerprint density at radius 1 is 1.58 bits per heavy atom. The number of rotatable bonds is 3. The van der Waals surface area contributed by atoms with Gasteiger partial charge in [-0.1, -0.05) is 13.0 Å². The van der Waals surface area contributed by atoms with Crippen LogP contribution in [0.1, 0.15) is 31.7 Å². The molecule has 2 rings (SSSR count). The van der Waals surface area contributed by atoms with Crippen molar-refractivity contribution in [1.29, 1.82) is 5.26 Å². The molecule has 19 heavy (non-hydrogen) atoms. The van der Waals surface area contributed by atoms with E-state index in [-0.39, 0.29) is 5.91 Å². The van der Waals surface area contributed by atoms with Gasteiger partial charge in [-0.3, -0.25) is 4.79 Å². The smallest absolute Gasteiger partial charge is 0.247 e. The second-order valence-corrected chi connectivity index (χ2v) is 4.99. The fraction of sp³-hybridized carbons (Fsp3) is 0.467. The van der Waals surface area contributed by atoms with Crippen molar-refractivity contribution in [2.45, 2.75) is 31.7 Å². The van der Waals surface area contributed by atoms with Crippen molar-refractivity contribution in [1.82, 2.24) is 5.32 Å². The highest BCUT2D eigenvalue weighted by molar-refractivity contribution is 6.00. The average Bonchev–Trinajstić information content (AvgIpc) is 2.96. The molecule has 0 spiro atoms. The Morgan fingerprint density at radius 3 is 2.95 bits per heavy atom. The van der Waals surface area contributed by atoms with Crippen LogP contribution in [0.4, 0.5) is 5.69 Å². The van der Waals surface area contributed by atoms with Gasteiger partial charge in [-0.25, -0.2) is 0 Å². The SMILES string of the molecule is CCC1(C(=O)N(C)c2cccc(C#N)c2)CCCN1. The van der Waals surface area contributed by atoms with Gasteiger partial charge in [0, 0.05) is 12.7 Å². The van der Waals surface area contributed by atoms with Gasteiger partial charge in [-0.05, 0) is 44.0 Å². The number of amides is 1. The first kappa shape index (κ1) is 13.6. The van der Waals surface area contributed by atoms with E-state index in [9.17, 15) is 4.79 Å². The van der Waals surface area contributed by atoms with E-state index < -0.39 is 5.54 Å². The number of nitrogens with one attached hydrogen (secondary N) is 1. The molecule has 1 fully saturated rings. The van der Waals surface area contributed by atoms with Crippen LogP contribution in [0.5, 0.6) is 0 Å². The Hall–Kier alpha value is -1.86. The van der Waals surface area contributed by atoms with Crippen LogP contribution in [0, 0.1) is 11.3 Å². The van der Waals surface area contributed by atoms with Crippen LogP contribution in [-0.2, 0) is 4.79 Å². The monoisotopic (exact) mass is 257 g/mol. The van der Waals surface area contributed by atoms with Crippen LogP contribution < -0.4 is 10.2 Å². The number of benzene rings is 1. The number of likely N-dealkylation sites (N-methyl/N-ethyl adjacent to an activating group) is 1. The molecule has 1 atom stereocenters. The third kappa shape index (κ3) is 2.47. The van der Waals surface area contributed by atoms with Crippen molar-refractivity contribution in [3.8, 4) is 6.07 Å².